The molecule has 2 aromatic rings. The third-order valence-electron chi connectivity index (χ3n) is 4.42. The number of aliphatic hydroxyl groups excluding tert-OH is 1. The van der Waals surface area contributed by atoms with Gasteiger partial charge in [-0.05, 0) is 6.92 Å². The van der Waals surface area contributed by atoms with E-state index in [0.29, 0.717) is 0 Å². The van der Waals surface area contributed by atoms with Gasteiger partial charge in [0.1, 0.15) is 35.6 Å². The molecule has 8 N–H and O–H groups in total. The molecule has 0 spiro atoms. The van der Waals surface area contributed by atoms with Crippen LogP contribution in [0.4, 0.5) is 5.82 Å². The zero-order chi connectivity index (χ0) is 25.0. The number of aliphatic hydroxyl groups is 2. The van der Waals surface area contributed by atoms with Crippen LogP contribution >= 0.6 is 35.1 Å². The summed E-state index contributed by atoms with van der Waals surface area (Å²) in [6.07, 6.45) is -2.20. The second-order valence-electron chi connectivity index (χ2n) is 6.93. The van der Waals surface area contributed by atoms with Gasteiger partial charge in [-0.15, -0.1) is 0 Å². The molecule has 6 atom stereocenters. The van der Waals surface area contributed by atoms with E-state index in [1.165, 1.54) is 17.7 Å². The van der Waals surface area contributed by atoms with Gasteiger partial charge in [0.2, 0.25) is 0 Å². The van der Waals surface area contributed by atoms with E-state index in [4.69, 9.17) is 31.9 Å². The number of rotatable bonds is 8. The van der Waals surface area contributed by atoms with Gasteiger partial charge in [0.05, 0.1) is 17.0 Å². The maximum Gasteiger partial charge on any atom is 0.490 e. The fourth-order valence-corrected chi connectivity index (χ4v) is 6.41. The predicted octanol–water partition coefficient (Wildman–Crippen LogP) is 0.0195. The zero-order valence-corrected chi connectivity index (χ0v) is 19.7. The number of fused-ring (bicyclic) bond motifs is 1. The molecule has 2 aromatic heterocycles. The van der Waals surface area contributed by atoms with Crippen LogP contribution in [0.3, 0.4) is 0 Å². The number of aromatic nitrogens is 3. The molecular weight excluding hydrogens is 537 g/mol. The van der Waals surface area contributed by atoms with Crippen LogP contribution in [0.15, 0.2) is 12.5 Å². The fourth-order valence-electron chi connectivity index (χ4n) is 3.09. The Morgan fingerprint density at radius 1 is 1.21 bits per heavy atom. The van der Waals surface area contributed by atoms with Crippen LogP contribution in [0.25, 0.3) is 11.0 Å². The molecule has 17 nitrogen and oxygen atoms in total. The molecule has 3 rings (SSSR count). The molecule has 0 radical (unpaired) electrons. The quantitative estimate of drug-likeness (QED) is 0.212. The number of hydrogen-bond donors (Lipinski definition) is 7. The summed E-state index contributed by atoms with van der Waals surface area (Å²) in [5.41, 5.74) is 3.87. The highest BCUT2D eigenvalue weighted by molar-refractivity contribution is 7.66. The van der Waals surface area contributed by atoms with Gasteiger partial charge in [-0.1, -0.05) is 11.6 Å². The van der Waals surface area contributed by atoms with Gasteiger partial charge >= 0.3 is 23.5 Å². The molecule has 0 amide bonds. The lowest BCUT2D eigenvalue weighted by Crippen LogP contribution is -2.44. The highest BCUT2D eigenvalue weighted by Crippen LogP contribution is 2.66. The Bertz CT molecular complexity index is 1200. The SMILES string of the molecule is C[C@@]1(O)[C@H](O)[C@@H](COP(=O)(O)OP(=O)(O)OP(=O)(O)O)O[C@H]1n1cc(Cl)c2c(N)ncnc21. The third-order valence-corrected chi connectivity index (χ3v) is 8.51. The highest BCUT2D eigenvalue weighted by Gasteiger charge is 2.54. The summed E-state index contributed by atoms with van der Waals surface area (Å²) in [6, 6.07) is 0. The van der Waals surface area contributed by atoms with Crippen LogP contribution in [0, 0.1) is 0 Å². The predicted molar refractivity (Wildman–Crippen MR) is 107 cm³/mol. The van der Waals surface area contributed by atoms with E-state index in [0.717, 1.165) is 6.33 Å². The van der Waals surface area contributed by atoms with Crippen molar-refractivity contribution in [1.29, 1.82) is 0 Å². The normalized spacial score (nSPS) is 29.8. The summed E-state index contributed by atoms with van der Waals surface area (Å²) >= 11 is 6.15. The lowest BCUT2D eigenvalue weighted by atomic mass is 9.96. The molecule has 186 valence electrons. The van der Waals surface area contributed by atoms with Crippen LogP contribution in [0.1, 0.15) is 13.2 Å². The second kappa shape index (κ2) is 8.90. The van der Waals surface area contributed by atoms with Gasteiger partial charge in [-0.2, -0.15) is 8.62 Å². The van der Waals surface area contributed by atoms with Crippen molar-refractivity contribution in [2.24, 2.45) is 0 Å². The number of hydrogen-bond acceptors (Lipinski definition) is 12. The molecule has 1 fully saturated rings. The Hall–Kier alpha value is -1.00. The van der Waals surface area contributed by atoms with Gasteiger partial charge < -0.3 is 44.8 Å². The van der Waals surface area contributed by atoms with Crippen LogP contribution in [0.2, 0.25) is 5.02 Å². The minimum absolute atomic E-state index is 0.0335. The number of ether oxygens (including phenoxy) is 1. The number of halogens is 1. The summed E-state index contributed by atoms with van der Waals surface area (Å²) in [7, 11) is -16.8. The Balaban J connectivity index is 1.78. The monoisotopic (exact) mass is 554 g/mol. The number of nitrogens with zero attached hydrogens (tertiary/aromatic N) is 3. The molecule has 33 heavy (non-hydrogen) atoms. The van der Waals surface area contributed by atoms with Crippen molar-refractivity contribution in [1.82, 2.24) is 14.5 Å². The number of nitrogen functional groups attached to an aromatic ring is 1. The third kappa shape index (κ3) is 5.81. The van der Waals surface area contributed by atoms with Crippen molar-refractivity contribution in [2.75, 3.05) is 12.3 Å². The maximum atomic E-state index is 11.9. The van der Waals surface area contributed by atoms with Gasteiger partial charge in [-0.3, -0.25) is 4.52 Å². The molecule has 0 aliphatic carbocycles. The first-order chi connectivity index (χ1) is 14.9. The topological polar surface area (TPSA) is 266 Å². The smallest absolute Gasteiger partial charge is 0.387 e. The van der Waals surface area contributed by atoms with Crippen molar-refractivity contribution in [3.8, 4) is 0 Å². The number of phosphoric acid groups is 3. The van der Waals surface area contributed by atoms with Crippen LogP contribution in [0.5, 0.6) is 0 Å². The van der Waals surface area contributed by atoms with Crippen molar-refractivity contribution in [3.63, 3.8) is 0 Å². The van der Waals surface area contributed by atoms with Gasteiger partial charge in [-0.25, -0.2) is 23.7 Å². The lowest BCUT2D eigenvalue weighted by Gasteiger charge is -2.27. The molecule has 1 aliphatic rings. The largest absolute Gasteiger partial charge is 0.490 e. The number of anilines is 1. The van der Waals surface area contributed by atoms with Crippen molar-refractivity contribution in [3.05, 3.63) is 17.5 Å². The Labute approximate surface area is 189 Å². The van der Waals surface area contributed by atoms with E-state index in [2.05, 4.69) is 23.1 Å². The minimum Gasteiger partial charge on any atom is -0.387 e. The molecule has 21 heteroatoms. The summed E-state index contributed by atoms with van der Waals surface area (Å²) < 4.78 is 52.4. The van der Waals surface area contributed by atoms with Crippen LogP contribution in [-0.2, 0) is 31.6 Å². The van der Waals surface area contributed by atoms with Gasteiger partial charge in [0, 0.05) is 6.20 Å². The number of phosphoric ester groups is 1. The number of nitrogens with two attached hydrogens (primary N) is 1. The fraction of sp³-hybridized carbons (Fsp3) is 0.500. The molecule has 0 aromatic carbocycles. The standard InChI is InChI=1S/C12H18ClN4O13P3/c1-12(19)8(18)6(3-27-32(23,24)30-33(25,26)29-31(20,21)22)28-11(12)17-2-5(13)7-9(14)15-4-16-10(7)17/h2,4,6,8,11,18-19H,3H2,1H3,(H,23,24)(H,25,26)(H2,14,15,16)(H2,20,21,22)/t6-,8-,11-,12-/m1/s1. The van der Waals surface area contributed by atoms with E-state index in [-0.39, 0.29) is 21.9 Å². The van der Waals surface area contributed by atoms with E-state index >= 15 is 0 Å². The van der Waals surface area contributed by atoms with Gasteiger partial charge in [0.15, 0.2) is 6.23 Å². The second-order valence-corrected chi connectivity index (χ2v) is 11.8. The van der Waals surface area contributed by atoms with Crippen molar-refractivity contribution >= 4 is 51.9 Å². The zero-order valence-electron chi connectivity index (χ0n) is 16.3. The Morgan fingerprint density at radius 3 is 2.45 bits per heavy atom. The van der Waals surface area contributed by atoms with Gasteiger partial charge in [0.25, 0.3) is 0 Å². The average Bonchev–Trinajstić information content (AvgIpc) is 3.06. The summed E-state index contributed by atoms with van der Waals surface area (Å²) in [5.74, 6) is 0.0335. The molecule has 1 saturated heterocycles. The van der Waals surface area contributed by atoms with Crippen molar-refractivity contribution in [2.45, 2.75) is 31.0 Å². The Kier molecular flexibility index (Phi) is 7.17. The summed E-state index contributed by atoms with van der Waals surface area (Å²) in [5, 5.41) is 21.6. The summed E-state index contributed by atoms with van der Waals surface area (Å²) in [4.78, 5) is 43.6. The molecular formula is C12H18ClN4O13P3. The summed E-state index contributed by atoms with van der Waals surface area (Å²) in [6.45, 7) is 0.193. The molecule has 2 unspecified atom stereocenters. The average molecular weight is 555 g/mol. The molecule has 1 aliphatic heterocycles. The van der Waals surface area contributed by atoms with E-state index < -0.39 is 54.1 Å². The van der Waals surface area contributed by atoms with Crippen molar-refractivity contribution < 1.29 is 61.4 Å². The first-order valence-electron chi connectivity index (χ1n) is 8.54. The Morgan fingerprint density at radius 2 is 1.85 bits per heavy atom. The molecule has 0 saturated carbocycles. The van der Waals surface area contributed by atoms with Crippen LogP contribution < -0.4 is 5.73 Å². The van der Waals surface area contributed by atoms with E-state index in [1.807, 2.05) is 0 Å². The first kappa shape index (κ1) is 26.6. The van der Waals surface area contributed by atoms with E-state index in [9.17, 15) is 33.7 Å². The van der Waals surface area contributed by atoms with Crippen LogP contribution in [-0.4, -0.2) is 68.7 Å². The van der Waals surface area contributed by atoms with E-state index in [1.54, 1.807) is 0 Å². The maximum absolute atomic E-state index is 11.9. The molecule has 3 heterocycles. The first-order valence-corrected chi connectivity index (χ1v) is 13.4. The highest BCUT2D eigenvalue weighted by atomic mass is 35.5. The lowest BCUT2D eigenvalue weighted by molar-refractivity contribution is -0.0947. The molecule has 0 bridgehead atoms. The minimum atomic E-state index is -5.73.